The van der Waals surface area contributed by atoms with Gasteiger partial charge in [0.25, 0.3) is 5.65 Å². The van der Waals surface area contributed by atoms with Gasteiger partial charge in [-0.1, -0.05) is 0 Å². The van der Waals surface area contributed by atoms with Crippen molar-refractivity contribution in [3.05, 3.63) is 28.7 Å². The number of aromatic nitrogens is 5. The molecule has 0 spiro atoms. The van der Waals surface area contributed by atoms with E-state index in [-0.39, 0.29) is 21.0 Å². The van der Waals surface area contributed by atoms with Gasteiger partial charge in [-0.2, -0.15) is 0 Å². The summed E-state index contributed by atoms with van der Waals surface area (Å²) in [6.45, 7) is 0. The van der Waals surface area contributed by atoms with Gasteiger partial charge in [0, 0.05) is 17.1 Å². The molecule has 0 saturated carbocycles. The van der Waals surface area contributed by atoms with E-state index < -0.39 is 0 Å². The van der Waals surface area contributed by atoms with Gasteiger partial charge in [0.2, 0.25) is 0 Å². The Hall–Kier alpha value is -2.05. The van der Waals surface area contributed by atoms with Crippen molar-refractivity contribution in [1.29, 1.82) is 0 Å². The Morgan fingerprint density at radius 1 is 1.33 bits per heavy atom. The summed E-state index contributed by atoms with van der Waals surface area (Å²) in [6.07, 6.45) is 1.44. The van der Waals surface area contributed by atoms with E-state index in [2.05, 4.69) is 15.3 Å². The molecule has 0 atom stereocenters. The van der Waals surface area contributed by atoms with Crippen molar-refractivity contribution >= 4 is 11.2 Å². The number of rotatable bonds is 0. The zero-order valence-corrected chi connectivity index (χ0v) is 5.78. The van der Waals surface area contributed by atoms with Gasteiger partial charge < -0.3 is 10.4 Å². The van der Waals surface area contributed by atoms with Crippen molar-refractivity contribution in [2.45, 2.75) is 0 Å². The maximum atomic E-state index is 10.9. The summed E-state index contributed by atoms with van der Waals surface area (Å²) < 4.78 is 0. The van der Waals surface area contributed by atoms with Crippen LogP contribution in [0.4, 0.5) is 0 Å². The Balaban J connectivity index is 2.89. The van der Waals surface area contributed by atoms with Gasteiger partial charge >= 0.3 is 10.7 Å². The Morgan fingerprint density at radius 3 is 3.00 bits per heavy atom. The highest BCUT2D eigenvalue weighted by Crippen LogP contribution is 1.96. The molecule has 0 saturated heterocycles. The molecule has 12 heavy (non-hydrogen) atoms. The van der Waals surface area contributed by atoms with E-state index >= 15 is 0 Å². The second-order valence-corrected chi connectivity index (χ2v) is 2.06. The molecule has 2 aromatic rings. The average Bonchev–Trinajstić information content (AvgIpc) is 2.04. The Labute approximate surface area is 66.0 Å². The van der Waals surface area contributed by atoms with E-state index in [9.17, 15) is 10.4 Å². The first-order valence-electron chi connectivity index (χ1n) is 3.10. The molecule has 0 aliphatic carbocycles. The molecule has 0 amide bonds. The first kappa shape index (κ1) is 6.65. The third-order valence-electron chi connectivity index (χ3n) is 1.31. The van der Waals surface area contributed by atoms with Crippen molar-refractivity contribution < 1.29 is 9.80 Å². The molecule has 0 bridgehead atoms. The van der Waals surface area contributed by atoms with E-state index in [1.165, 1.54) is 12.3 Å². The third-order valence-corrected chi connectivity index (χ3v) is 1.31. The van der Waals surface area contributed by atoms with Crippen molar-refractivity contribution in [3.63, 3.8) is 0 Å². The van der Waals surface area contributed by atoms with Gasteiger partial charge in [0.05, 0.1) is 5.10 Å². The first-order chi connectivity index (χ1) is 5.77. The fraction of sp³-hybridized carbons (Fsp3) is 0. The molecule has 7 nitrogen and oxygen atoms in total. The van der Waals surface area contributed by atoms with E-state index in [0.29, 0.717) is 0 Å². The number of fused-ring (bicyclic) bond motifs is 1. The SMILES string of the molecule is [O-][n+]1nc2ncccc2[n+]([O-])n1. The minimum absolute atomic E-state index is 0.0671. The molecular weight excluding hydrogens is 162 g/mol. The van der Waals surface area contributed by atoms with Gasteiger partial charge in [-0.05, 0) is 6.07 Å². The van der Waals surface area contributed by atoms with Crippen molar-refractivity contribution in [2.24, 2.45) is 0 Å². The molecule has 2 rings (SSSR count). The largest absolute Gasteiger partial charge is 0.590 e. The lowest BCUT2D eigenvalue weighted by Crippen LogP contribution is -2.50. The van der Waals surface area contributed by atoms with Crippen molar-refractivity contribution in [3.8, 4) is 0 Å². The predicted octanol–water partition coefficient (Wildman–Crippen LogP) is -1.71. The summed E-state index contributed by atoms with van der Waals surface area (Å²) in [4.78, 5) is 3.83. The first-order valence-corrected chi connectivity index (χ1v) is 3.10. The molecule has 60 valence electrons. The summed E-state index contributed by atoms with van der Waals surface area (Å²) >= 11 is 0. The van der Waals surface area contributed by atoms with Crippen LogP contribution in [-0.2, 0) is 0 Å². The van der Waals surface area contributed by atoms with Gasteiger partial charge in [-0.25, -0.2) is 4.98 Å². The van der Waals surface area contributed by atoms with E-state index in [0.717, 1.165) is 0 Å². The number of nitrogens with zero attached hydrogens (tertiary/aromatic N) is 5. The van der Waals surface area contributed by atoms with Crippen LogP contribution in [0.2, 0.25) is 0 Å². The molecular formula is C5H3N5O2. The lowest BCUT2D eigenvalue weighted by atomic mass is 10.4. The molecule has 0 aromatic carbocycles. The second-order valence-electron chi connectivity index (χ2n) is 2.06. The zero-order valence-electron chi connectivity index (χ0n) is 5.78. The van der Waals surface area contributed by atoms with Crippen LogP contribution in [0.3, 0.4) is 0 Å². The lowest BCUT2D eigenvalue weighted by Gasteiger charge is -1.92. The highest BCUT2D eigenvalue weighted by Gasteiger charge is 2.12. The van der Waals surface area contributed by atoms with Crippen LogP contribution in [-0.4, -0.2) is 15.3 Å². The maximum Gasteiger partial charge on any atom is 0.327 e. The standard InChI is InChI=1S/C5H3N5O2/c11-9-4-2-1-3-6-5(4)7-10(12)8-9/h1-3H. The highest BCUT2D eigenvalue weighted by molar-refractivity contribution is 5.63. The van der Waals surface area contributed by atoms with Crippen LogP contribution < -0.4 is 9.80 Å². The number of hydrogen-bond donors (Lipinski definition) is 0. The minimum atomic E-state index is -0.0671. The van der Waals surface area contributed by atoms with Crippen molar-refractivity contribution in [1.82, 2.24) is 15.3 Å². The molecule has 0 radical (unpaired) electrons. The predicted molar refractivity (Wildman–Crippen MR) is 35.3 cm³/mol. The topological polar surface area (TPSA) is 92.5 Å². The third kappa shape index (κ3) is 0.875. The minimum Gasteiger partial charge on any atom is -0.590 e. The van der Waals surface area contributed by atoms with Crippen LogP contribution in [0.15, 0.2) is 18.3 Å². The van der Waals surface area contributed by atoms with E-state index in [1.54, 1.807) is 6.07 Å². The summed E-state index contributed by atoms with van der Waals surface area (Å²) in [5.74, 6) is 0. The molecule has 0 aliphatic heterocycles. The smallest absolute Gasteiger partial charge is 0.327 e. The maximum absolute atomic E-state index is 10.9. The van der Waals surface area contributed by atoms with Crippen LogP contribution in [0.25, 0.3) is 11.2 Å². The molecule has 0 N–H and O–H groups in total. The van der Waals surface area contributed by atoms with E-state index in [4.69, 9.17) is 0 Å². The Kier molecular flexibility index (Phi) is 1.23. The fourth-order valence-electron chi connectivity index (χ4n) is 0.834. The fourth-order valence-corrected chi connectivity index (χ4v) is 0.834. The van der Waals surface area contributed by atoms with Crippen molar-refractivity contribution in [2.75, 3.05) is 0 Å². The van der Waals surface area contributed by atoms with E-state index in [1.807, 2.05) is 0 Å². The number of hydrogen-bond acceptors (Lipinski definition) is 5. The summed E-state index contributed by atoms with van der Waals surface area (Å²) in [6, 6.07) is 3.05. The number of pyridine rings is 1. The van der Waals surface area contributed by atoms with Crippen LogP contribution in [0.1, 0.15) is 0 Å². The molecule has 0 aliphatic rings. The summed E-state index contributed by atoms with van der Waals surface area (Å²) in [7, 11) is 0. The quantitative estimate of drug-likeness (QED) is 0.342. The molecule has 0 unspecified atom stereocenters. The monoisotopic (exact) mass is 165 g/mol. The average molecular weight is 165 g/mol. The van der Waals surface area contributed by atoms with Crippen LogP contribution in [0, 0.1) is 10.4 Å². The van der Waals surface area contributed by atoms with Gasteiger partial charge in [0.15, 0.2) is 0 Å². The van der Waals surface area contributed by atoms with Crippen LogP contribution >= 0.6 is 0 Å². The highest BCUT2D eigenvalue weighted by atomic mass is 16.6. The Morgan fingerprint density at radius 2 is 2.17 bits per heavy atom. The van der Waals surface area contributed by atoms with Gasteiger partial charge in [-0.3, -0.25) is 0 Å². The molecule has 7 heteroatoms. The molecule has 0 fully saturated rings. The second kappa shape index (κ2) is 2.22. The molecule has 2 aromatic heterocycles. The normalized spacial score (nSPS) is 10.3. The van der Waals surface area contributed by atoms with Gasteiger partial charge in [0.1, 0.15) is 4.96 Å². The zero-order chi connectivity index (χ0) is 8.55. The summed E-state index contributed by atoms with van der Waals surface area (Å²) in [5, 5.41) is 27.8. The lowest BCUT2D eigenvalue weighted by molar-refractivity contribution is -0.863. The molecule has 2 heterocycles. The van der Waals surface area contributed by atoms with Gasteiger partial charge in [-0.15, -0.1) is 0 Å². The Bertz CT molecular complexity index is 431. The van der Waals surface area contributed by atoms with Crippen LogP contribution in [0.5, 0.6) is 0 Å². The summed E-state index contributed by atoms with van der Waals surface area (Å²) in [5.41, 5.74) is 0.252.